The highest BCUT2D eigenvalue weighted by Gasteiger charge is 2.65. The van der Waals surface area contributed by atoms with Gasteiger partial charge in [-0.2, -0.15) is 15.5 Å². The van der Waals surface area contributed by atoms with Crippen LogP contribution in [0.5, 0.6) is 0 Å². The van der Waals surface area contributed by atoms with Crippen molar-refractivity contribution < 1.29 is 29.3 Å². The van der Waals surface area contributed by atoms with E-state index in [0.717, 1.165) is 10.2 Å². The molecule has 1 fully saturated rings. The Morgan fingerprint density at radius 1 is 1.25 bits per heavy atom. The Balaban J connectivity index is 1.87. The van der Waals surface area contributed by atoms with Crippen molar-refractivity contribution in [2.45, 2.75) is 29.6 Å². The zero-order valence-corrected chi connectivity index (χ0v) is 20.6. The number of aryl methyl sites for hydroxylation is 1. The highest BCUT2D eigenvalue weighted by molar-refractivity contribution is 8.45. The zero-order chi connectivity index (χ0) is 26.7. The Bertz CT molecular complexity index is 1420. The third kappa shape index (κ3) is 4.70. The van der Waals surface area contributed by atoms with E-state index in [-0.39, 0.29) is 48.6 Å². The fraction of sp³-hybridized carbons (Fsp3) is 0.300. The van der Waals surface area contributed by atoms with Crippen LogP contribution in [0.1, 0.15) is 29.7 Å². The molecule has 0 amide bonds. The molecule has 16 heteroatoms. The van der Waals surface area contributed by atoms with Gasteiger partial charge in [-0.25, -0.2) is 4.68 Å². The average molecular weight is 571 g/mol. The molecule has 1 aromatic carbocycles. The van der Waals surface area contributed by atoms with E-state index in [9.17, 15) is 34.6 Å². The molecule has 0 bridgehead atoms. The molecule has 0 atom stereocenters. The van der Waals surface area contributed by atoms with Crippen molar-refractivity contribution in [3.8, 4) is 11.8 Å². The van der Waals surface area contributed by atoms with E-state index >= 15 is 0 Å². The average Bonchev–Trinajstić information content (AvgIpc) is 3.32. The third-order valence-corrected chi connectivity index (χ3v) is 7.44. The van der Waals surface area contributed by atoms with E-state index in [1.54, 1.807) is 30.2 Å². The Morgan fingerprint density at radius 2 is 1.86 bits per heavy atom. The van der Waals surface area contributed by atoms with Gasteiger partial charge in [0.15, 0.2) is 5.69 Å². The fourth-order valence-corrected chi connectivity index (χ4v) is 5.32. The molecule has 2 heterocycles. The molecule has 2 N–H and O–H groups in total. The van der Waals surface area contributed by atoms with Gasteiger partial charge < -0.3 is 10.4 Å². The Hall–Kier alpha value is -3.02. The molecular formula is C20H17Cl2F5N6O2S. The molecule has 0 spiro atoms. The molecule has 0 saturated heterocycles. The summed E-state index contributed by atoms with van der Waals surface area (Å²) in [7, 11) is -8.40. The van der Waals surface area contributed by atoms with E-state index in [1.165, 1.54) is 0 Å². The van der Waals surface area contributed by atoms with Gasteiger partial charge >= 0.3 is 16.2 Å². The van der Waals surface area contributed by atoms with Crippen LogP contribution in [-0.4, -0.2) is 37.2 Å². The predicted molar refractivity (Wildman–Crippen MR) is 124 cm³/mol. The quantitative estimate of drug-likeness (QED) is 0.311. The lowest BCUT2D eigenvalue weighted by Crippen LogP contribution is -2.22. The van der Waals surface area contributed by atoms with Crippen molar-refractivity contribution in [2.24, 2.45) is 7.05 Å². The molecular weight excluding hydrogens is 554 g/mol. The summed E-state index contributed by atoms with van der Waals surface area (Å²) in [5.41, 5.74) is -1.37. The van der Waals surface area contributed by atoms with E-state index in [0.29, 0.717) is 6.42 Å². The molecule has 36 heavy (non-hydrogen) atoms. The number of halogens is 7. The normalized spacial score (nSPS) is 16.6. The number of benzene rings is 1. The number of aliphatic carboxylic acids is 1. The standard InChI is InChI=1S/C20H17Cl2F5N6O2S/c1-32-10-11(9-30-32)2-5-29-18-16(20(3-4-20)19(34)35)15(8-28)31-33(18)17-13(21)6-12(7-14(17)22)36(23,24,25,26)27/h6-7,9-10,29H,2-5H2,1H3,(H,34,35). The van der Waals surface area contributed by atoms with Crippen LogP contribution in [0.2, 0.25) is 10.0 Å². The summed E-state index contributed by atoms with van der Waals surface area (Å²) >= 11 is 12.0. The van der Waals surface area contributed by atoms with Crippen molar-refractivity contribution >= 4 is 45.2 Å². The molecule has 1 aliphatic carbocycles. The number of anilines is 1. The number of nitrogens with zero attached hydrogens (tertiary/aromatic N) is 5. The Morgan fingerprint density at radius 3 is 2.31 bits per heavy atom. The smallest absolute Gasteiger partial charge is 0.314 e. The third-order valence-electron chi connectivity index (χ3n) is 5.74. The van der Waals surface area contributed by atoms with Gasteiger partial charge in [-0.1, -0.05) is 42.6 Å². The van der Waals surface area contributed by atoms with Crippen LogP contribution in [0.15, 0.2) is 29.4 Å². The van der Waals surface area contributed by atoms with Crippen LogP contribution in [0, 0.1) is 11.3 Å². The minimum absolute atomic E-state index is 0.00705. The summed E-state index contributed by atoms with van der Waals surface area (Å²) in [6.07, 6.45) is 4.11. The molecule has 2 aromatic heterocycles. The van der Waals surface area contributed by atoms with Crippen molar-refractivity contribution in [1.29, 1.82) is 5.26 Å². The topological polar surface area (TPSA) is 109 Å². The summed E-state index contributed by atoms with van der Waals surface area (Å²) in [5, 5.41) is 28.9. The van der Waals surface area contributed by atoms with Crippen LogP contribution < -0.4 is 5.32 Å². The van der Waals surface area contributed by atoms with E-state index in [4.69, 9.17) is 23.2 Å². The number of carboxylic acid groups (broad SMARTS) is 1. The molecule has 0 aliphatic heterocycles. The fourth-order valence-electron chi connectivity index (χ4n) is 3.86. The second kappa shape index (κ2) is 7.74. The van der Waals surface area contributed by atoms with Crippen molar-refractivity contribution in [2.75, 3.05) is 11.9 Å². The van der Waals surface area contributed by atoms with E-state index in [1.807, 2.05) is 0 Å². The van der Waals surface area contributed by atoms with Gasteiger partial charge in [0, 0.05) is 19.8 Å². The highest BCUT2D eigenvalue weighted by Crippen LogP contribution is 3.02. The first kappa shape index (κ1) is 26.1. The number of nitriles is 1. The summed E-state index contributed by atoms with van der Waals surface area (Å²) < 4.78 is 69.3. The highest BCUT2D eigenvalue weighted by atomic mass is 35.5. The van der Waals surface area contributed by atoms with Crippen molar-refractivity contribution in [3.63, 3.8) is 0 Å². The Labute approximate surface area is 210 Å². The zero-order valence-electron chi connectivity index (χ0n) is 18.3. The van der Waals surface area contributed by atoms with E-state index < -0.39 is 42.2 Å². The minimum atomic E-state index is -10.1. The number of carboxylic acids is 1. The number of rotatable bonds is 8. The summed E-state index contributed by atoms with van der Waals surface area (Å²) in [5.74, 6) is -1.26. The van der Waals surface area contributed by atoms with Crippen LogP contribution >= 0.6 is 33.4 Å². The lowest BCUT2D eigenvalue weighted by Gasteiger charge is -2.40. The molecule has 0 unspecified atom stereocenters. The van der Waals surface area contributed by atoms with Crippen LogP contribution in [0.4, 0.5) is 25.2 Å². The Kier molecular flexibility index (Phi) is 5.60. The van der Waals surface area contributed by atoms with Gasteiger partial charge in [0.1, 0.15) is 22.5 Å². The van der Waals surface area contributed by atoms with Crippen molar-refractivity contribution in [1.82, 2.24) is 19.6 Å². The lowest BCUT2D eigenvalue weighted by molar-refractivity contribution is -0.140. The second-order valence-electron chi connectivity index (χ2n) is 8.39. The molecule has 3 aromatic rings. The number of nitrogens with one attached hydrogen (secondary N) is 1. The largest absolute Gasteiger partial charge is 0.481 e. The maximum absolute atomic E-state index is 13.4. The molecule has 4 rings (SSSR count). The molecule has 194 valence electrons. The van der Waals surface area contributed by atoms with Gasteiger partial charge in [0.05, 0.1) is 27.2 Å². The molecule has 1 aliphatic rings. The monoisotopic (exact) mass is 570 g/mol. The second-order valence-corrected chi connectivity index (χ2v) is 11.6. The lowest BCUT2D eigenvalue weighted by atomic mass is 9.95. The molecule has 1 saturated carbocycles. The predicted octanol–water partition coefficient (Wildman–Crippen LogP) is 6.21. The van der Waals surface area contributed by atoms with Crippen LogP contribution in [-0.2, 0) is 23.7 Å². The maximum Gasteiger partial charge on any atom is 0.314 e. The van der Waals surface area contributed by atoms with Gasteiger partial charge in [-0.05, 0) is 37.0 Å². The summed E-state index contributed by atoms with van der Waals surface area (Å²) in [6, 6.07) is 1.85. The van der Waals surface area contributed by atoms with Crippen LogP contribution in [0.25, 0.3) is 5.69 Å². The van der Waals surface area contributed by atoms with Gasteiger partial charge in [0.2, 0.25) is 0 Å². The number of aromatic nitrogens is 4. The summed E-state index contributed by atoms with van der Waals surface area (Å²) in [4.78, 5) is 9.77. The summed E-state index contributed by atoms with van der Waals surface area (Å²) in [6.45, 7) is 0.170. The van der Waals surface area contributed by atoms with Gasteiger partial charge in [-0.15, -0.1) is 0 Å². The van der Waals surface area contributed by atoms with Crippen molar-refractivity contribution in [3.05, 3.63) is 51.4 Å². The van der Waals surface area contributed by atoms with Gasteiger partial charge in [-0.3, -0.25) is 9.48 Å². The number of hydrogen-bond acceptors (Lipinski definition) is 5. The number of carbonyl (C=O) groups is 1. The van der Waals surface area contributed by atoms with Gasteiger partial charge in [0.25, 0.3) is 0 Å². The first-order chi connectivity index (χ1) is 16.5. The molecule has 0 radical (unpaired) electrons. The maximum atomic E-state index is 13.4. The SMILES string of the molecule is Cn1cc(CCNc2c(C3(C(=O)O)CC3)c(C#N)nn2-c2c(Cl)cc(S(F)(F)(F)(F)F)cc2Cl)cn1. The first-order valence-electron chi connectivity index (χ1n) is 10.2. The first-order valence-corrected chi connectivity index (χ1v) is 12.9. The van der Waals surface area contributed by atoms with E-state index in [2.05, 4.69) is 15.5 Å². The minimum Gasteiger partial charge on any atom is -0.481 e. The van der Waals surface area contributed by atoms with Crippen LogP contribution in [0.3, 0.4) is 0 Å². The molecule has 8 nitrogen and oxygen atoms in total. The number of hydrogen-bond donors (Lipinski definition) is 2.